The zero-order chi connectivity index (χ0) is 20.5. The molecule has 1 aromatic carbocycles. The van der Waals surface area contributed by atoms with Gasteiger partial charge in [0.1, 0.15) is 0 Å². The summed E-state index contributed by atoms with van der Waals surface area (Å²) in [6.45, 7) is 6.13. The van der Waals surface area contributed by atoms with Gasteiger partial charge >= 0.3 is 0 Å². The van der Waals surface area contributed by atoms with Crippen molar-refractivity contribution in [1.82, 2.24) is 14.9 Å². The van der Waals surface area contributed by atoms with Crippen LogP contribution in [0.1, 0.15) is 18.9 Å². The monoisotopic (exact) mass is 418 g/mol. The van der Waals surface area contributed by atoms with E-state index in [1.165, 1.54) is 0 Å². The third-order valence-corrected chi connectivity index (χ3v) is 4.91. The molecule has 1 fully saturated rings. The summed E-state index contributed by atoms with van der Waals surface area (Å²) in [5.41, 5.74) is 1.14. The van der Waals surface area contributed by atoms with Crippen LogP contribution in [0.3, 0.4) is 0 Å². The molecule has 2 aromatic rings. The van der Waals surface area contributed by atoms with Gasteiger partial charge in [0, 0.05) is 26.2 Å². The Bertz CT molecular complexity index is 752. The van der Waals surface area contributed by atoms with Crippen LogP contribution in [0.15, 0.2) is 42.7 Å². The van der Waals surface area contributed by atoms with Crippen molar-refractivity contribution >= 4 is 23.5 Å². The third kappa shape index (κ3) is 6.96. The van der Waals surface area contributed by atoms with E-state index in [4.69, 9.17) is 21.1 Å². The number of ether oxygens (including phenoxy) is 2. The number of anilines is 1. The van der Waals surface area contributed by atoms with E-state index < -0.39 is 0 Å². The van der Waals surface area contributed by atoms with Crippen molar-refractivity contribution < 1.29 is 14.3 Å². The number of hydrogen-bond donors (Lipinski definition) is 0. The van der Waals surface area contributed by atoms with Crippen molar-refractivity contribution in [3.63, 3.8) is 0 Å². The molecule has 2 heterocycles. The predicted molar refractivity (Wildman–Crippen MR) is 112 cm³/mol. The predicted octanol–water partition coefficient (Wildman–Crippen LogP) is 2.79. The summed E-state index contributed by atoms with van der Waals surface area (Å²) < 4.78 is 11.4. The second kappa shape index (κ2) is 11.1. The number of rotatable bonds is 9. The minimum absolute atomic E-state index is 0.0202. The van der Waals surface area contributed by atoms with Gasteiger partial charge in [-0.2, -0.15) is 0 Å². The van der Waals surface area contributed by atoms with Gasteiger partial charge in [-0.15, -0.1) is 0 Å². The van der Waals surface area contributed by atoms with Crippen molar-refractivity contribution in [3.8, 4) is 0 Å². The van der Waals surface area contributed by atoms with Crippen LogP contribution >= 0.6 is 11.6 Å². The molecule has 0 saturated carbocycles. The van der Waals surface area contributed by atoms with Gasteiger partial charge in [-0.05, 0) is 12.5 Å². The average Bonchev–Trinajstić information content (AvgIpc) is 2.76. The van der Waals surface area contributed by atoms with Gasteiger partial charge in [0.05, 0.1) is 49.8 Å². The Morgan fingerprint density at radius 1 is 1.14 bits per heavy atom. The number of hydrogen-bond acceptors (Lipinski definition) is 6. The fourth-order valence-electron chi connectivity index (χ4n) is 3.05. The maximum atomic E-state index is 12.4. The molecule has 0 aliphatic carbocycles. The van der Waals surface area contributed by atoms with Crippen LogP contribution in [-0.2, 0) is 20.9 Å². The summed E-state index contributed by atoms with van der Waals surface area (Å²) in [5.74, 6) is 0.758. The smallest absolute Gasteiger partial charge is 0.225 e. The maximum absolute atomic E-state index is 12.4. The first-order valence-electron chi connectivity index (χ1n) is 9.85. The highest BCUT2D eigenvalue weighted by Crippen LogP contribution is 2.13. The summed E-state index contributed by atoms with van der Waals surface area (Å²) in [7, 11) is 0. The highest BCUT2D eigenvalue weighted by atomic mass is 35.5. The second-order valence-electron chi connectivity index (χ2n) is 7.00. The first-order chi connectivity index (χ1) is 14.1. The number of carbonyl (C=O) groups excluding carboxylic acids is 1. The summed E-state index contributed by atoms with van der Waals surface area (Å²) in [6, 6.07) is 10.0. The van der Waals surface area contributed by atoms with Crippen LogP contribution in [0.2, 0.25) is 5.02 Å². The van der Waals surface area contributed by atoms with Gasteiger partial charge in [-0.25, -0.2) is 9.97 Å². The van der Waals surface area contributed by atoms with E-state index in [2.05, 4.69) is 14.9 Å². The summed E-state index contributed by atoms with van der Waals surface area (Å²) in [5, 5.41) is 0.516. The van der Waals surface area contributed by atoms with Crippen molar-refractivity contribution in [2.45, 2.75) is 26.1 Å². The lowest BCUT2D eigenvalue weighted by molar-refractivity contribution is -0.133. The summed E-state index contributed by atoms with van der Waals surface area (Å²) in [6.07, 6.45) is 3.53. The van der Waals surface area contributed by atoms with E-state index in [9.17, 15) is 4.79 Å². The van der Waals surface area contributed by atoms with Crippen LogP contribution < -0.4 is 4.90 Å². The Labute approximate surface area is 176 Å². The molecule has 0 N–H and O–H groups in total. The fraction of sp³-hybridized carbons (Fsp3) is 0.476. The lowest BCUT2D eigenvalue weighted by atomic mass is 10.2. The van der Waals surface area contributed by atoms with Crippen LogP contribution in [0.25, 0.3) is 0 Å². The van der Waals surface area contributed by atoms with Crippen LogP contribution in [0, 0.1) is 0 Å². The Morgan fingerprint density at radius 2 is 1.83 bits per heavy atom. The fourth-order valence-corrected chi connectivity index (χ4v) is 3.15. The zero-order valence-electron chi connectivity index (χ0n) is 16.7. The topological polar surface area (TPSA) is 67.8 Å². The molecule has 3 rings (SSSR count). The lowest BCUT2D eigenvalue weighted by Gasteiger charge is -2.34. The van der Waals surface area contributed by atoms with Gasteiger partial charge in [-0.3, -0.25) is 4.79 Å². The first-order valence-corrected chi connectivity index (χ1v) is 10.2. The quantitative estimate of drug-likeness (QED) is 0.583. The molecule has 8 heteroatoms. The highest BCUT2D eigenvalue weighted by Gasteiger charge is 2.22. The molecule has 1 unspecified atom stereocenters. The standard InChI is InChI=1S/C21H27ClN4O3/c1-17(29-16-18-5-3-2-4-6-18)15-28-12-7-20(27)25-8-10-26(11-9-25)21-23-13-19(22)14-24-21/h2-6,13-14,17H,7-12,15-16H2,1H3. The number of aromatic nitrogens is 2. The van der Waals surface area contributed by atoms with Crippen LogP contribution in [-0.4, -0.2) is 66.3 Å². The van der Waals surface area contributed by atoms with Crippen molar-refractivity contribution in [1.29, 1.82) is 0 Å². The Kier molecular flexibility index (Phi) is 8.22. The minimum atomic E-state index is -0.0202. The molecule has 1 aromatic heterocycles. The lowest BCUT2D eigenvalue weighted by Crippen LogP contribution is -2.49. The Morgan fingerprint density at radius 3 is 2.52 bits per heavy atom. The van der Waals surface area contributed by atoms with Gasteiger partial charge in [0.25, 0.3) is 0 Å². The van der Waals surface area contributed by atoms with Crippen LogP contribution in [0.4, 0.5) is 5.95 Å². The molecule has 7 nitrogen and oxygen atoms in total. The van der Waals surface area contributed by atoms with Gasteiger partial charge < -0.3 is 19.3 Å². The SMILES string of the molecule is CC(COCCC(=O)N1CCN(c2ncc(Cl)cn2)CC1)OCc1ccccc1. The molecule has 29 heavy (non-hydrogen) atoms. The normalized spacial score (nSPS) is 15.4. The molecule has 1 amide bonds. The van der Waals surface area contributed by atoms with Crippen LogP contribution in [0.5, 0.6) is 0 Å². The minimum Gasteiger partial charge on any atom is -0.378 e. The molecule has 1 atom stereocenters. The molecule has 1 saturated heterocycles. The van der Waals surface area contributed by atoms with Crippen molar-refractivity contribution in [2.75, 3.05) is 44.3 Å². The summed E-state index contributed by atoms with van der Waals surface area (Å²) >= 11 is 5.82. The number of halogens is 1. The Hall–Kier alpha value is -2.22. The van der Waals surface area contributed by atoms with E-state index >= 15 is 0 Å². The van der Waals surface area contributed by atoms with Gasteiger partial charge in [0.15, 0.2) is 0 Å². The van der Waals surface area contributed by atoms with Gasteiger partial charge in [0.2, 0.25) is 11.9 Å². The van der Waals surface area contributed by atoms with E-state index in [1.54, 1.807) is 12.4 Å². The Balaban J connectivity index is 1.28. The maximum Gasteiger partial charge on any atom is 0.225 e. The largest absolute Gasteiger partial charge is 0.378 e. The molecule has 0 bridgehead atoms. The molecule has 0 spiro atoms. The summed E-state index contributed by atoms with van der Waals surface area (Å²) in [4.78, 5) is 24.8. The molecule has 0 radical (unpaired) electrons. The van der Waals surface area contributed by atoms with E-state index in [0.717, 1.165) is 5.56 Å². The zero-order valence-corrected chi connectivity index (χ0v) is 17.4. The number of piperazine rings is 1. The molecular formula is C21H27ClN4O3. The second-order valence-corrected chi connectivity index (χ2v) is 7.44. The van der Waals surface area contributed by atoms with Crippen molar-refractivity contribution in [3.05, 3.63) is 53.3 Å². The number of amides is 1. The first kappa shape index (κ1) is 21.5. The number of nitrogens with zero attached hydrogens (tertiary/aromatic N) is 4. The van der Waals surface area contributed by atoms with E-state index in [0.29, 0.717) is 63.4 Å². The molecule has 1 aliphatic heterocycles. The van der Waals surface area contributed by atoms with E-state index in [1.807, 2.05) is 42.2 Å². The molecule has 156 valence electrons. The molecule has 1 aliphatic rings. The highest BCUT2D eigenvalue weighted by molar-refractivity contribution is 6.30. The average molecular weight is 419 g/mol. The van der Waals surface area contributed by atoms with Gasteiger partial charge in [-0.1, -0.05) is 41.9 Å². The number of benzene rings is 1. The third-order valence-electron chi connectivity index (χ3n) is 4.71. The van der Waals surface area contributed by atoms with E-state index in [-0.39, 0.29) is 12.0 Å². The number of carbonyl (C=O) groups is 1. The van der Waals surface area contributed by atoms with Crippen molar-refractivity contribution in [2.24, 2.45) is 0 Å². The molecular weight excluding hydrogens is 392 g/mol.